The standard InChI is InChI=1S/9Na.2H2O3S2.9H/c;;;;;;;;;2*1-5(2,3)4;;;;;;;;;/h;;;;;;;;;2*(H2,1,2,3,4);;;;;;;;;/q9*+1;;;9*-1. The van der Waals surface area contributed by atoms with Gasteiger partial charge >= 0.3 is 266 Å². The second-order valence-electron chi connectivity index (χ2n) is 0.896. The summed E-state index contributed by atoms with van der Waals surface area (Å²) in [5, 5.41) is 0. The molecule has 0 aromatic rings. The van der Waals surface area contributed by atoms with Gasteiger partial charge in [-0.25, -0.2) is 0 Å². The van der Waals surface area contributed by atoms with E-state index in [1.165, 1.54) is 0 Å². The van der Waals surface area contributed by atoms with E-state index in [0.29, 0.717) is 0 Å². The molecule has 0 rings (SSSR count). The Hall–Kier alpha value is 9.58. The third-order valence-electron chi connectivity index (χ3n) is 0. The van der Waals surface area contributed by atoms with E-state index in [-0.39, 0.29) is 279 Å². The summed E-state index contributed by atoms with van der Waals surface area (Å²) in [6.07, 6.45) is 0. The molecule has 0 saturated carbocycles. The summed E-state index contributed by atoms with van der Waals surface area (Å²) in [6, 6.07) is 0. The molecule has 0 fully saturated rings. The third-order valence-corrected chi connectivity index (χ3v) is 0. The molecule has 0 aliphatic rings. The average Bonchev–Trinajstić information content (AvgIpc) is 1.12. The quantitative estimate of drug-likeness (QED) is 0.273. The Kier molecular flexibility index (Phi) is 155. The Morgan fingerprint density at radius 3 is 0.526 bits per heavy atom. The predicted octanol–water partition coefficient (Wildman–Crippen LogP) is -26.6. The molecule has 0 amide bonds. The molecular weight excluding hydrogens is 431 g/mol. The minimum Gasteiger partial charge on any atom is -1.00 e. The predicted molar refractivity (Wildman–Crippen MR) is 51.5 cm³/mol. The molecule has 19 heteroatoms. The smallest absolute Gasteiger partial charge is 1.00 e. The van der Waals surface area contributed by atoms with Crippen molar-refractivity contribution < 1.29 is 305 Å². The van der Waals surface area contributed by atoms with Crippen molar-refractivity contribution in [3.8, 4) is 0 Å². The summed E-state index contributed by atoms with van der Waals surface area (Å²) in [4.78, 5) is 0. The van der Waals surface area contributed by atoms with Crippen molar-refractivity contribution >= 4 is 40.5 Å². The first kappa shape index (κ1) is 70.3. The van der Waals surface area contributed by atoms with Crippen LogP contribution in [0.3, 0.4) is 0 Å². The fraction of sp³-hybridized carbons (Fsp3) is 0. The van der Waals surface area contributed by atoms with Gasteiger partial charge in [0.15, 0.2) is 0 Å². The maximum absolute atomic E-state index is 9.11. The van der Waals surface area contributed by atoms with Gasteiger partial charge in [-0.3, -0.25) is 18.2 Å². The zero-order valence-corrected chi connectivity index (χ0v) is 34.5. The topological polar surface area (TPSA) is 115 Å². The van der Waals surface area contributed by atoms with E-state index < -0.39 is 18.1 Å². The third kappa shape index (κ3) is 197. The number of hydrogen-bond donors (Lipinski definition) is 4. The normalized spacial score (nSPS) is 6.11. The summed E-state index contributed by atoms with van der Waals surface area (Å²) in [6.45, 7) is 0. The van der Waals surface area contributed by atoms with Crippen LogP contribution in [0, 0.1) is 0 Å². The van der Waals surface area contributed by atoms with Crippen LogP contribution >= 0.6 is 0 Å². The number of rotatable bonds is 0. The molecule has 0 unspecified atom stereocenters. The molecule has 0 aliphatic carbocycles. The zero-order valence-electron chi connectivity index (χ0n) is 22.2. The summed E-state index contributed by atoms with van der Waals surface area (Å²) >= 11 is 6.93. The molecule has 4 N–H and O–H groups in total. The van der Waals surface area contributed by atoms with E-state index in [1.807, 2.05) is 0 Å². The molecule has 6 nitrogen and oxygen atoms in total. The fourth-order valence-corrected chi connectivity index (χ4v) is 0. The summed E-state index contributed by atoms with van der Waals surface area (Å²) in [5.41, 5.74) is 0. The van der Waals surface area contributed by atoms with Crippen LogP contribution in [0.2, 0.25) is 0 Å². The molecule has 0 bridgehead atoms. The Balaban J connectivity index is -0.00000000155. The first-order valence-corrected chi connectivity index (χ1v) is 6.19. The minimum atomic E-state index is -3.83. The van der Waals surface area contributed by atoms with Crippen molar-refractivity contribution in [1.82, 2.24) is 0 Å². The SMILES string of the molecule is O=S(O)(O)=S.O=S(O)(O)=S.[H-].[H-].[H-].[H-].[H-].[H-].[H-].[H-].[H-].[Na+].[Na+].[Na+].[Na+].[Na+].[Na+].[Na+].[Na+].[Na+]. The molecule has 0 aromatic heterocycles. The van der Waals surface area contributed by atoms with Gasteiger partial charge in [0.05, 0.1) is 0 Å². The second-order valence-corrected chi connectivity index (χ2v) is 5.29. The Bertz CT molecular complexity index is 250. The van der Waals surface area contributed by atoms with E-state index in [9.17, 15) is 0 Å². The molecule has 19 heavy (non-hydrogen) atoms. The zero-order chi connectivity index (χ0) is 9.00. The Morgan fingerprint density at radius 1 is 0.526 bits per heavy atom. The van der Waals surface area contributed by atoms with Crippen LogP contribution in [0.5, 0.6) is 0 Å². The molecule has 0 radical (unpaired) electrons. The monoisotopic (exact) mass is 444 g/mol. The molecule has 82 valence electrons. The van der Waals surface area contributed by atoms with Crippen LogP contribution in [0.25, 0.3) is 0 Å². The molecule has 0 spiro atoms. The van der Waals surface area contributed by atoms with Gasteiger partial charge < -0.3 is 12.8 Å². The van der Waals surface area contributed by atoms with Crippen molar-refractivity contribution in [3.05, 3.63) is 0 Å². The summed E-state index contributed by atoms with van der Waals surface area (Å²) < 4.78 is 47.9. The van der Waals surface area contributed by atoms with Crippen molar-refractivity contribution in [2.24, 2.45) is 0 Å². The van der Waals surface area contributed by atoms with Crippen molar-refractivity contribution in [1.29, 1.82) is 0 Å². The van der Waals surface area contributed by atoms with Crippen LogP contribution in [-0.4, -0.2) is 26.6 Å². The molecule has 0 aromatic carbocycles. The van der Waals surface area contributed by atoms with Crippen LogP contribution in [0.1, 0.15) is 12.8 Å². The number of hydrogen-bond acceptors (Lipinski definition) is 4. The van der Waals surface area contributed by atoms with Gasteiger partial charge in [-0.2, -0.15) is 8.42 Å². The maximum Gasteiger partial charge on any atom is 1.00 e. The van der Waals surface area contributed by atoms with Crippen molar-refractivity contribution in [3.63, 3.8) is 0 Å². The second kappa shape index (κ2) is 41.8. The van der Waals surface area contributed by atoms with E-state index in [2.05, 4.69) is 22.4 Å². The maximum atomic E-state index is 9.11. The van der Waals surface area contributed by atoms with Gasteiger partial charge in [0.25, 0.3) is 18.1 Å². The molecule has 0 heterocycles. The first-order valence-electron chi connectivity index (χ1n) is 1.40. The molecule has 0 atom stereocenters. The van der Waals surface area contributed by atoms with Crippen molar-refractivity contribution in [2.75, 3.05) is 0 Å². The summed E-state index contributed by atoms with van der Waals surface area (Å²) in [5.74, 6) is 0. The fourth-order valence-electron chi connectivity index (χ4n) is 0. The minimum absolute atomic E-state index is 0. The molecular formula is H13Na9O6S4. The van der Waals surface area contributed by atoms with E-state index >= 15 is 0 Å². The van der Waals surface area contributed by atoms with E-state index in [1.54, 1.807) is 0 Å². The van der Waals surface area contributed by atoms with Gasteiger partial charge in [0.2, 0.25) is 0 Å². The van der Waals surface area contributed by atoms with Gasteiger partial charge in [-0.15, -0.1) is 0 Å². The largest absolute Gasteiger partial charge is 1.00 e. The van der Waals surface area contributed by atoms with Gasteiger partial charge in [-0.1, -0.05) is 0 Å². The summed E-state index contributed by atoms with van der Waals surface area (Å²) in [7, 11) is -7.67. The van der Waals surface area contributed by atoms with Crippen LogP contribution in [-0.2, 0) is 40.5 Å². The molecule has 0 saturated heterocycles. The molecule has 0 aliphatic heterocycles. The van der Waals surface area contributed by atoms with Crippen molar-refractivity contribution in [2.45, 2.75) is 0 Å². The van der Waals surface area contributed by atoms with Gasteiger partial charge in [-0.05, 0) is 0 Å². The first-order chi connectivity index (χ1) is 4.00. The van der Waals surface area contributed by atoms with Crippen LogP contribution in [0.4, 0.5) is 0 Å². The van der Waals surface area contributed by atoms with Gasteiger partial charge in [0.1, 0.15) is 0 Å². The van der Waals surface area contributed by atoms with Gasteiger partial charge in [0, 0.05) is 22.4 Å². The van der Waals surface area contributed by atoms with Crippen LogP contribution in [0.15, 0.2) is 0 Å². The average molecular weight is 444 g/mol. The van der Waals surface area contributed by atoms with E-state index in [4.69, 9.17) is 26.6 Å². The Labute approximate surface area is 336 Å². The Morgan fingerprint density at radius 2 is 0.526 bits per heavy atom. The van der Waals surface area contributed by atoms with Crippen LogP contribution < -0.4 is 266 Å². The van der Waals surface area contributed by atoms with E-state index in [0.717, 1.165) is 0 Å².